The van der Waals surface area contributed by atoms with E-state index in [1.807, 2.05) is 0 Å². The van der Waals surface area contributed by atoms with Gasteiger partial charge in [-0.15, -0.1) is 0 Å². The third kappa shape index (κ3) is 4.12. The highest BCUT2D eigenvalue weighted by molar-refractivity contribution is 7.89. The molecule has 10 heteroatoms. The lowest BCUT2D eigenvalue weighted by atomic mass is 10.1. The first-order chi connectivity index (χ1) is 15.2. The number of sulfonamides is 1. The van der Waals surface area contributed by atoms with Crippen molar-refractivity contribution < 1.29 is 26.8 Å². The highest BCUT2D eigenvalue weighted by Crippen LogP contribution is 2.35. The van der Waals surface area contributed by atoms with E-state index in [9.17, 15) is 26.8 Å². The standard InChI is InChI=1S/C22H23F2N3O4S/c1-14(28)27-20-8-6-17(32(30,31)26-9-3-2-4-10-26)11-15(20)12-21(27)22(29)25-19-13-16(23)5-7-18(19)24/h5-8,11,13,21H,2-4,9-10,12H2,1H3,(H,25,29)/t21-/m0/s1. The number of amides is 2. The molecule has 1 atom stereocenters. The van der Waals surface area contributed by atoms with Gasteiger partial charge < -0.3 is 5.32 Å². The van der Waals surface area contributed by atoms with Crippen LogP contribution in [0.2, 0.25) is 0 Å². The highest BCUT2D eigenvalue weighted by Gasteiger charge is 2.38. The van der Waals surface area contributed by atoms with Crippen molar-refractivity contribution in [1.29, 1.82) is 0 Å². The molecule has 170 valence electrons. The lowest BCUT2D eigenvalue weighted by Gasteiger charge is -2.26. The first kappa shape index (κ1) is 22.3. The van der Waals surface area contributed by atoms with Gasteiger partial charge in [-0.3, -0.25) is 14.5 Å². The Kier molecular flexibility index (Phi) is 6.00. The predicted octanol–water partition coefficient (Wildman–Crippen LogP) is 3.06. The maximum atomic E-state index is 14.0. The van der Waals surface area contributed by atoms with E-state index in [2.05, 4.69) is 5.32 Å². The van der Waals surface area contributed by atoms with Crippen LogP contribution < -0.4 is 10.2 Å². The third-order valence-corrected chi connectivity index (χ3v) is 7.71. The van der Waals surface area contributed by atoms with Gasteiger partial charge in [-0.25, -0.2) is 17.2 Å². The lowest BCUT2D eigenvalue weighted by molar-refractivity contribution is -0.122. The predicted molar refractivity (Wildman–Crippen MR) is 115 cm³/mol. The number of benzene rings is 2. The summed E-state index contributed by atoms with van der Waals surface area (Å²) in [5, 5.41) is 2.33. The molecule has 2 aromatic rings. The molecule has 32 heavy (non-hydrogen) atoms. The first-order valence-corrected chi connectivity index (χ1v) is 11.8. The van der Waals surface area contributed by atoms with E-state index in [4.69, 9.17) is 0 Å². The minimum atomic E-state index is -3.68. The highest BCUT2D eigenvalue weighted by atomic mass is 32.2. The molecule has 4 rings (SSSR count). The normalized spacial score (nSPS) is 19.0. The van der Waals surface area contributed by atoms with Gasteiger partial charge in [0.1, 0.15) is 17.7 Å². The second kappa shape index (κ2) is 8.59. The summed E-state index contributed by atoms with van der Waals surface area (Å²) in [5.74, 6) is -2.64. The van der Waals surface area contributed by atoms with Crippen molar-refractivity contribution in [3.05, 3.63) is 53.6 Å². The van der Waals surface area contributed by atoms with E-state index in [0.717, 1.165) is 37.5 Å². The Bertz CT molecular complexity index is 1180. The fraction of sp³-hybridized carbons (Fsp3) is 0.364. The summed E-state index contributed by atoms with van der Waals surface area (Å²) in [5.41, 5.74) is 0.621. The van der Waals surface area contributed by atoms with Gasteiger partial charge in [0, 0.05) is 38.2 Å². The molecule has 1 fully saturated rings. The van der Waals surface area contributed by atoms with Crippen molar-refractivity contribution >= 4 is 33.2 Å². The fourth-order valence-corrected chi connectivity index (χ4v) is 5.82. The van der Waals surface area contributed by atoms with Crippen molar-refractivity contribution in [2.45, 2.75) is 43.5 Å². The number of carbonyl (C=O) groups excluding carboxylic acids is 2. The summed E-state index contributed by atoms with van der Waals surface area (Å²) >= 11 is 0. The first-order valence-electron chi connectivity index (χ1n) is 10.4. The van der Waals surface area contributed by atoms with Crippen molar-refractivity contribution in [3.8, 4) is 0 Å². The number of halogens is 2. The lowest BCUT2D eigenvalue weighted by Crippen LogP contribution is -2.44. The summed E-state index contributed by atoms with van der Waals surface area (Å²) in [6, 6.07) is 6.12. The quantitative estimate of drug-likeness (QED) is 0.755. The Balaban J connectivity index is 1.62. The van der Waals surface area contributed by atoms with Crippen LogP contribution in [0.15, 0.2) is 41.3 Å². The molecular weight excluding hydrogens is 440 g/mol. The van der Waals surface area contributed by atoms with Crippen LogP contribution >= 0.6 is 0 Å². The fourth-order valence-electron chi connectivity index (χ4n) is 4.25. The smallest absolute Gasteiger partial charge is 0.247 e. The van der Waals surface area contributed by atoms with E-state index in [0.29, 0.717) is 24.3 Å². The number of rotatable bonds is 4. The molecule has 2 heterocycles. The van der Waals surface area contributed by atoms with Crippen LogP contribution in [0.1, 0.15) is 31.7 Å². The second-order valence-corrected chi connectivity index (χ2v) is 9.92. The number of fused-ring (bicyclic) bond motifs is 1. The zero-order valence-corrected chi connectivity index (χ0v) is 18.3. The summed E-state index contributed by atoms with van der Waals surface area (Å²) < 4.78 is 54.9. The zero-order valence-electron chi connectivity index (χ0n) is 17.5. The molecule has 1 saturated heterocycles. The maximum Gasteiger partial charge on any atom is 0.247 e. The number of nitrogens with zero attached hydrogens (tertiary/aromatic N) is 2. The number of piperidine rings is 1. The van der Waals surface area contributed by atoms with Gasteiger partial charge in [0.05, 0.1) is 10.6 Å². The Morgan fingerprint density at radius 2 is 1.75 bits per heavy atom. The molecule has 0 aromatic heterocycles. The van der Waals surface area contributed by atoms with Crippen molar-refractivity contribution in [2.24, 2.45) is 0 Å². The molecule has 2 amide bonds. The molecular formula is C22H23F2N3O4S. The molecule has 1 N–H and O–H groups in total. The summed E-state index contributed by atoms with van der Waals surface area (Å²) in [6.07, 6.45) is 2.66. The average Bonchev–Trinajstić information content (AvgIpc) is 3.16. The molecule has 0 spiro atoms. The molecule has 2 aliphatic rings. The van der Waals surface area contributed by atoms with E-state index >= 15 is 0 Å². The third-order valence-electron chi connectivity index (χ3n) is 5.82. The van der Waals surface area contributed by atoms with E-state index in [1.54, 1.807) is 0 Å². The van der Waals surface area contributed by atoms with Gasteiger partial charge in [-0.05, 0) is 48.7 Å². The van der Waals surface area contributed by atoms with E-state index < -0.39 is 39.5 Å². The summed E-state index contributed by atoms with van der Waals surface area (Å²) in [6.45, 7) is 2.21. The van der Waals surface area contributed by atoms with Crippen LogP contribution in [0.3, 0.4) is 0 Å². The number of nitrogens with one attached hydrogen (secondary N) is 1. The van der Waals surface area contributed by atoms with Crippen molar-refractivity contribution in [3.63, 3.8) is 0 Å². The molecule has 0 unspecified atom stereocenters. The van der Waals surface area contributed by atoms with Crippen LogP contribution in [0.5, 0.6) is 0 Å². The summed E-state index contributed by atoms with van der Waals surface area (Å²) in [4.78, 5) is 26.5. The Morgan fingerprint density at radius 3 is 2.44 bits per heavy atom. The van der Waals surface area contributed by atoms with Crippen LogP contribution in [0.4, 0.5) is 20.2 Å². The van der Waals surface area contributed by atoms with Crippen molar-refractivity contribution in [1.82, 2.24) is 4.31 Å². The van der Waals surface area contributed by atoms with Crippen molar-refractivity contribution in [2.75, 3.05) is 23.3 Å². The maximum absolute atomic E-state index is 14.0. The monoisotopic (exact) mass is 463 g/mol. The van der Waals surface area contributed by atoms with Gasteiger partial charge in [0.15, 0.2) is 0 Å². The number of hydrogen-bond donors (Lipinski definition) is 1. The Morgan fingerprint density at radius 1 is 1.03 bits per heavy atom. The number of anilines is 2. The largest absolute Gasteiger partial charge is 0.322 e. The minimum absolute atomic E-state index is 0.0566. The average molecular weight is 464 g/mol. The van der Waals surface area contributed by atoms with Crippen LogP contribution in [-0.4, -0.2) is 43.7 Å². The van der Waals surface area contributed by atoms with Gasteiger partial charge in [-0.1, -0.05) is 6.42 Å². The second-order valence-electron chi connectivity index (χ2n) is 7.98. The number of hydrogen-bond acceptors (Lipinski definition) is 4. The van der Waals surface area contributed by atoms with Gasteiger partial charge >= 0.3 is 0 Å². The Hall–Kier alpha value is -2.85. The molecule has 7 nitrogen and oxygen atoms in total. The molecule has 0 bridgehead atoms. The molecule has 0 aliphatic carbocycles. The molecule has 0 radical (unpaired) electrons. The van der Waals surface area contributed by atoms with Crippen LogP contribution in [0, 0.1) is 11.6 Å². The van der Waals surface area contributed by atoms with E-state index in [1.165, 1.54) is 34.3 Å². The Labute approximate surface area is 185 Å². The molecule has 2 aliphatic heterocycles. The zero-order chi connectivity index (χ0) is 23.0. The van der Waals surface area contributed by atoms with Gasteiger partial charge in [-0.2, -0.15) is 4.31 Å². The van der Waals surface area contributed by atoms with E-state index in [-0.39, 0.29) is 17.0 Å². The van der Waals surface area contributed by atoms with Crippen LogP contribution in [0.25, 0.3) is 0 Å². The van der Waals surface area contributed by atoms with Crippen LogP contribution in [-0.2, 0) is 26.0 Å². The van der Waals surface area contributed by atoms with Gasteiger partial charge in [0.2, 0.25) is 21.8 Å². The van der Waals surface area contributed by atoms with Gasteiger partial charge in [0.25, 0.3) is 0 Å². The summed E-state index contributed by atoms with van der Waals surface area (Å²) in [7, 11) is -3.68. The SMILES string of the molecule is CC(=O)N1c2ccc(S(=O)(=O)N3CCCCC3)cc2C[C@H]1C(=O)Nc1cc(F)ccc1F. The number of carbonyl (C=O) groups is 2. The molecule has 0 saturated carbocycles. The topological polar surface area (TPSA) is 86.8 Å². The molecule has 2 aromatic carbocycles. The minimum Gasteiger partial charge on any atom is -0.322 e.